The number of fused-ring (bicyclic) bond motifs is 1. The minimum Gasteiger partial charge on any atom is -0.201 e. The molecule has 2 nitrogen and oxygen atoms in total. The van der Waals surface area contributed by atoms with Crippen LogP contribution in [-0.2, 0) is 0 Å². The molecular formula is C25H27N2+. The van der Waals surface area contributed by atoms with E-state index in [0.29, 0.717) is 0 Å². The highest BCUT2D eigenvalue weighted by atomic mass is 15.1. The summed E-state index contributed by atoms with van der Waals surface area (Å²) in [7, 11) is 0. The summed E-state index contributed by atoms with van der Waals surface area (Å²) < 4.78 is 4.57. The predicted molar refractivity (Wildman–Crippen MR) is 113 cm³/mol. The molecule has 2 aromatic heterocycles. The highest BCUT2D eigenvalue weighted by Crippen LogP contribution is 2.29. The zero-order chi connectivity index (χ0) is 19.3. The molecule has 0 atom stereocenters. The Morgan fingerprint density at radius 2 is 1.26 bits per heavy atom. The number of rotatable bonds is 2. The van der Waals surface area contributed by atoms with E-state index in [0.717, 1.165) is 0 Å². The number of aromatic nitrogens is 2. The van der Waals surface area contributed by atoms with Crippen LogP contribution < -0.4 is 4.57 Å². The Kier molecular flexibility index (Phi) is 4.15. The maximum atomic E-state index is 2.31. The Bertz CT molecular complexity index is 1130. The van der Waals surface area contributed by atoms with Gasteiger partial charge in [0.1, 0.15) is 17.6 Å². The van der Waals surface area contributed by atoms with Gasteiger partial charge in [0.05, 0.1) is 0 Å². The van der Waals surface area contributed by atoms with Crippen LogP contribution in [0, 0.1) is 41.5 Å². The summed E-state index contributed by atoms with van der Waals surface area (Å²) in [6, 6.07) is 15.6. The van der Waals surface area contributed by atoms with E-state index in [9.17, 15) is 0 Å². The van der Waals surface area contributed by atoms with E-state index in [4.69, 9.17) is 0 Å². The van der Waals surface area contributed by atoms with E-state index >= 15 is 0 Å². The standard InChI is InChI=1S/C25H27N2/c1-16-10-18(3)24(19(4)11-16)23-9-7-8-22-14-26(15-27(22)23)25-20(5)12-17(2)13-21(25)6/h7-15H,1-6H3/q+1. The number of imidazole rings is 1. The maximum Gasteiger partial charge on any atom is 0.254 e. The van der Waals surface area contributed by atoms with Gasteiger partial charge in [-0.15, -0.1) is 0 Å². The summed E-state index contributed by atoms with van der Waals surface area (Å²) in [6.45, 7) is 13.1. The van der Waals surface area contributed by atoms with Crippen molar-refractivity contribution in [2.24, 2.45) is 0 Å². The summed E-state index contributed by atoms with van der Waals surface area (Å²) >= 11 is 0. The molecule has 27 heavy (non-hydrogen) atoms. The zero-order valence-corrected chi connectivity index (χ0v) is 17.1. The van der Waals surface area contributed by atoms with Crippen molar-refractivity contribution < 1.29 is 4.57 Å². The van der Waals surface area contributed by atoms with Gasteiger partial charge in [0.2, 0.25) is 0 Å². The molecule has 4 rings (SSSR count). The quantitative estimate of drug-likeness (QED) is 0.406. The van der Waals surface area contributed by atoms with Gasteiger partial charge in [-0.3, -0.25) is 0 Å². The lowest BCUT2D eigenvalue weighted by Gasteiger charge is -2.10. The molecule has 0 fully saturated rings. The van der Waals surface area contributed by atoms with Crippen LogP contribution in [0.15, 0.2) is 55.0 Å². The molecule has 0 saturated heterocycles. The summed E-state index contributed by atoms with van der Waals surface area (Å²) in [5.74, 6) is 0. The Morgan fingerprint density at radius 3 is 1.85 bits per heavy atom. The number of nitrogens with zero attached hydrogens (tertiary/aromatic N) is 2. The van der Waals surface area contributed by atoms with Crippen LogP contribution in [0.5, 0.6) is 0 Å². The van der Waals surface area contributed by atoms with Gasteiger partial charge in [-0.25, -0.2) is 4.57 Å². The highest BCUT2D eigenvalue weighted by Gasteiger charge is 2.19. The third-order valence-corrected chi connectivity index (χ3v) is 5.40. The molecule has 0 bridgehead atoms. The fourth-order valence-corrected chi connectivity index (χ4v) is 4.56. The van der Waals surface area contributed by atoms with Gasteiger partial charge < -0.3 is 0 Å². The Balaban J connectivity index is 1.98. The second-order valence-corrected chi connectivity index (χ2v) is 7.88. The molecule has 0 aliphatic heterocycles. The Labute approximate surface area is 161 Å². The van der Waals surface area contributed by atoms with Crippen LogP contribution in [0.1, 0.15) is 33.4 Å². The smallest absolute Gasteiger partial charge is 0.201 e. The first-order valence-electron chi connectivity index (χ1n) is 9.54. The monoisotopic (exact) mass is 355 g/mol. The van der Waals surface area contributed by atoms with Crippen molar-refractivity contribution in [2.75, 3.05) is 0 Å². The SMILES string of the molecule is Cc1cc(C)c(-c2cccc3c[n+](-c4c(C)cc(C)cc4C)cn23)c(C)c1. The van der Waals surface area contributed by atoms with Crippen LogP contribution in [0.4, 0.5) is 0 Å². The fourth-order valence-electron chi connectivity index (χ4n) is 4.56. The first kappa shape index (κ1) is 17.5. The first-order valence-corrected chi connectivity index (χ1v) is 9.54. The summed E-state index contributed by atoms with van der Waals surface area (Å²) in [4.78, 5) is 0. The molecule has 0 amide bonds. The predicted octanol–water partition coefficient (Wildman–Crippen LogP) is 5.73. The highest BCUT2D eigenvalue weighted by molar-refractivity contribution is 5.71. The molecule has 0 aliphatic rings. The Morgan fingerprint density at radius 1 is 0.704 bits per heavy atom. The maximum absolute atomic E-state index is 2.31. The van der Waals surface area contributed by atoms with Crippen molar-refractivity contribution in [2.45, 2.75) is 41.5 Å². The Hall–Kier alpha value is -2.87. The lowest BCUT2D eigenvalue weighted by atomic mass is 9.97. The van der Waals surface area contributed by atoms with Gasteiger partial charge in [-0.2, -0.15) is 4.40 Å². The molecule has 0 unspecified atom stereocenters. The second kappa shape index (κ2) is 6.38. The van der Waals surface area contributed by atoms with Crippen LogP contribution in [0.2, 0.25) is 0 Å². The molecule has 4 aromatic rings. The number of hydrogen-bond donors (Lipinski definition) is 0. The molecule has 2 heteroatoms. The zero-order valence-electron chi connectivity index (χ0n) is 17.1. The van der Waals surface area contributed by atoms with E-state index < -0.39 is 0 Å². The van der Waals surface area contributed by atoms with E-state index in [2.05, 4.69) is 105 Å². The topological polar surface area (TPSA) is 8.29 Å². The van der Waals surface area contributed by atoms with Gasteiger partial charge in [0, 0.05) is 5.56 Å². The first-order chi connectivity index (χ1) is 12.8. The van der Waals surface area contributed by atoms with Gasteiger partial charge in [0.25, 0.3) is 6.33 Å². The lowest BCUT2D eigenvalue weighted by molar-refractivity contribution is -0.594. The van der Waals surface area contributed by atoms with E-state index in [1.165, 1.54) is 55.8 Å². The molecule has 2 aromatic carbocycles. The van der Waals surface area contributed by atoms with Crippen molar-refractivity contribution in [3.63, 3.8) is 0 Å². The summed E-state index contributed by atoms with van der Waals surface area (Å²) in [6.07, 6.45) is 4.45. The molecule has 136 valence electrons. The largest absolute Gasteiger partial charge is 0.254 e. The lowest BCUT2D eigenvalue weighted by Crippen LogP contribution is -2.29. The third-order valence-electron chi connectivity index (χ3n) is 5.40. The van der Waals surface area contributed by atoms with E-state index in [1.54, 1.807) is 0 Å². The van der Waals surface area contributed by atoms with Gasteiger partial charge in [0.15, 0.2) is 5.52 Å². The molecular weight excluding hydrogens is 328 g/mol. The molecule has 0 radical (unpaired) electrons. The number of benzene rings is 2. The number of aryl methyl sites for hydroxylation is 6. The molecule has 0 saturated carbocycles. The minimum absolute atomic E-state index is 1.20. The van der Waals surface area contributed by atoms with Crippen molar-refractivity contribution in [1.29, 1.82) is 0 Å². The van der Waals surface area contributed by atoms with Gasteiger partial charge in [-0.05, 0) is 75.9 Å². The van der Waals surface area contributed by atoms with Crippen LogP contribution in [0.25, 0.3) is 22.5 Å². The fraction of sp³-hybridized carbons (Fsp3) is 0.240. The molecule has 0 N–H and O–H groups in total. The third kappa shape index (κ3) is 2.95. The van der Waals surface area contributed by atoms with E-state index in [1.807, 2.05) is 0 Å². The average molecular weight is 356 g/mol. The summed E-state index contributed by atoms with van der Waals surface area (Å²) in [5.41, 5.74) is 12.9. The minimum atomic E-state index is 1.20. The van der Waals surface area contributed by atoms with Crippen LogP contribution in [-0.4, -0.2) is 4.40 Å². The van der Waals surface area contributed by atoms with Gasteiger partial charge >= 0.3 is 0 Å². The second-order valence-electron chi connectivity index (χ2n) is 7.88. The summed E-state index contributed by atoms with van der Waals surface area (Å²) in [5, 5.41) is 0. The van der Waals surface area contributed by atoms with Crippen molar-refractivity contribution in [3.8, 4) is 16.9 Å². The van der Waals surface area contributed by atoms with Crippen LogP contribution >= 0.6 is 0 Å². The van der Waals surface area contributed by atoms with Crippen molar-refractivity contribution >= 4 is 5.52 Å². The number of pyridine rings is 1. The van der Waals surface area contributed by atoms with Gasteiger partial charge in [-0.1, -0.05) is 41.5 Å². The molecule has 0 spiro atoms. The van der Waals surface area contributed by atoms with Crippen molar-refractivity contribution in [1.82, 2.24) is 4.40 Å². The average Bonchev–Trinajstić information content (AvgIpc) is 2.97. The molecule has 2 heterocycles. The number of hydrogen-bond acceptors (Lipinski definition) is 0. The normalized spacial score (nSPS) is 11.3. The van der Waals surface area contributed by atoms with E-state index in [-0.39, 0.29) is 0 Å². The van der Waals surface area contributed by atoms with Crippen LogP contribution in [0.3, 0.4) is 0 Å². The molecule has 0 aliphatic carbocycles. The van der Waals surface area contributed by atoms with Crippen molar-refractivity contribution in [3.05, 3.63) is 88.4 Å².